The van der Waals surface area contributed by atoms with Crippen molar-refractivity contribution in [1.82, 2.24) is 5.32 Å². The van der Waals surface area contributed by atoms with E-state index in [1.807, 2.05) is 26.0 Å². The average Bonchev–Trinajstić information content (AvgIpc) is 2.27. The van der Waals surface area contributed by atoms with Gasteiger partial charge in [-0.15, -0.1) is 0 Å². The molecular weight excluding hydrogens is 178 g/mol. The van der Waals surface area contributed by atoms with Gasteiger partial charge in [0.1, 0.15) is 11.5 Å². The van der Waals surface area contributed by atoms with E-state index in [-0.39, 0.29) is 5.91 Å². The summed E-state index contributed by atoms with van der Waals surface area (Å²) in [6.07, 6.45) is 0. The number of benzene rings is 1. The molecule has 1 aliphatic heterocycles. The first kappa shape index (κ1) is 8.81. The third kappa shape index (κ3) is 1.37. The molecule has 3 heteroatoms. The number of nitrogens with one attached hydrogen (secondary N) is 1. The molecule has 2 rings (SSSR count). The van der Waals surface area contributed by atoms with Crippen molar-refractivity contribution in [2.75, 3.05) is 0 Å². The molecule has 1 aromatic rings. The van der Waals surface area contributed by atoms with Gasteiger partial charge in [-0.05, 0) is 26.0 Å². The van der Waals surface area contributed by atoms with Crippen LogP contribution in [0.15, 0.2) is 35.7 Å². The molecule has 1 aromatic carbocycles. The Labute approximate surface area is 82.4 Å². The van der Waals surface area contributed by atoms with Gasteiger partial charge in [0.15, 0.2) is 0 Å². The van der Waals surface area contributed by atoms with Crippen LogP contribution in [0.1, 0.15) is 24.2 Å². The first-order valence-corrected chi connectivity index (χ1v) is 4.44. The number of hydrogen-bond donors (Lipinski definition) is 1. The number of ether oxygens (including phenoxy) is 1. The lowest BCUT2D eigenvalue weighted by atomic mass is 10.2. The fraction of sp³-hybridized carbons (Fsp3) is 0.182. The smallest absolute Gasteiger partial charge is 0.259 e. The maximum atomic E-state index is 11.6. The monoisotopic (exact) mass is 189 g/mol. The SMILES string of the molecule is CC1=C(C)Oc2ccccc2C(=O)N1. The predicted molar refractivity (Wildman–Crippen MR) is 52.9 cm³/mol. The molecule has 1 heterocycles. The molecule has 0 unspecified atom stereocenters. The number of para-hydroxylation sites is 1. The number of carbonyl (C=O) groups excluding carboxylic acids is 1. The fourth-order valence-corrected chi connectivity index (χ4v) is 1.31. The van der Waals surface area contributed by atoms with Crippen molar-refractivity contribution < 1.29 is 9.53 Å². The van der Waals surface area contributed by atoms with Crippen LogP contribution in [0.3, 0.4) is 0 Å². The van der Waals surface area contributed by atoms with Gasteiger partial charge in [-0.2, -0.15) is 0 Å². The first-order chi connectivity index (χ1) is 6.68. The standard InChI is InChI=1S/C11H11NO2/c1-7-8(2)14-10-6-4-3-5-9(10)11(13)12-7/h3-6H,1-2H3,(H,12,13). The highest BCUT2D eigenvalue weighted by atomic mass is 16.5. The zero-order chi connectivity index (χ0) is 10.1. The molecule has 3 nitrogen and oxygen atoms in total. The van der Waals surface area contributed by atoms with Gasteiger partial charge in [-0.25, -0.2) is 0 Å². The molecule has 0 bridgehead atoms. The third-order valence-corrected chi connectivity index (χ3v) is 2.22. The highest BCUT2D eigenvalue weighted by Gasteiger charge is 2.17. The summed E-state index contributed by atoms with van der Waals surface area (Å²) in [4.78, 5) is 11.6. The van der Waals surface area contributed by atoms with Crippen LogP contribution in [0.5, 0.6) is 5.75 Å². The van der Waals surface area contributed by atoms with Crippen LogP contribution in [0.2, 0.25) is 0 Å². The number of allylic oxidation sites excluding steroid dienone is 2. The Bertz CT molecular complexity index is 421. The lowest BCUT2D eigenvalue weighted by Crippen LogP contribution is -2.20. The molecule has 0 spiro atoms. The molecule has 0 atom stereocenters. The molecule has 0 fully saturated rings. The summed E-state index contributed by atoms with van der Waals surface area (Å²) >= 11 is 0. The topological polar surface area (TPSA) is 38.3 Å². The Hall–Kier alpha value is -1.77. The van der Waals surface area contributed by atoms with E-state index in [4.69, 9.17) is 4.74 Å². The van der Waals surface area contributed by atoms with Crippen molar-refractivity contribution in [2.45, 2.75) is 13.8 Å². The van der Waals surface area contributed by atoms with Crippen LogP contribution in [0.25, 0.3) is 0 Å². The van der Waals surface area contributed by atoms with Gasteiger partial charge in [-0.1, -0.05) is 12.1 Å². The number of fused-ring (bicyclic) bond motifs is 1. The third-order valence-electron chi connectivity index (χ3n) is 2.22. The second-order valence-corrected chi connectivity index (χ2v) is 3.23. The van der Waals surface area contributed by atoms with Crippen molar-refractivity contribution in [3.8, 4) is 5.75 Å². The minimum absolute atomic E-state index is 0.116. The molecule has 0 aliphatic carbocycles. The van der Waals surface area contributed by atoms with Crippen LogP contribution in [0, 0.1) is 0 Å². The van der Waals surface area contributed by atoms with Crippen LogP contribution in [-0.2, 0) is 0 Å². The zero-order valence-electron chi connectivity index (χ0n) is 8.13. The van der Waals surface area contributed by atoms with E-state index in [1.54, 1.807) is 12.1 Å². The van der Waals surface area contributed by atoms with Crippen LogP contribution in [0.4, 0.5) is 0 Å². The summed E-state index contributed by atoms with van der Waals surface area (Å²) in [5.74, 6) is 1.22. The summed E-state index contributed by atoms with van der Waals surface area (Å²) < 4.78 is 5.54. The van der Waals surface area contributed by atoms with E-state index in [0.29, 0.717) is 11.3 Å². The molecule has 1 N–H and O–H groups in total. The highest BCUT2D eigenvalue weighted by Crippen LogP contribution is 2.23. The molecule has 0 saturated carbocycles. The van der Waals surface area contributed by atoms with Crippen molar-refractivity contribution in [2.24, 2.45) is 0 Å². The number of hydrogen-bond acceptors (Lipinski definition) is 2. The van der Waals surface area contributed by atoms with Crippen molar-refractivity contribution in [3.05, 3.63) is 41.3 Å². The summed E-state index contributed by atoms with van der Waals surface area (Å²) in [5, 5.41) is 2.76. The number of rotatable bonds is 0. The molecule has 72 valence electrons. The van der Waals surface area contributed by atoms with Gasteiger partial charge in [0, 0.05) is 0 Å². The molecular formula is C11H11NO2. The molecule has 0 saturated heterocycles. The molecule has 0 radical (unpaired) electrons. The Balaban J connectivity index is 2.53. The number of amides is 1. The second kappa shape index (κ2) is 3.18. The maximum absolute atomic E-state index is 11.6. The Kier molecular flexibility index (Phi) is 2.00. The van der Waals surface area contributed by atoms with E-state index < -0.39 is 0 Å². The van der Waals surface area contributed by atoms with Gasteiger partial charge in [0.25, 0.3) is 5.91 Å². The maximum Gasteiger partial charge on any atom is 0.259 e. The van der Waals surface area contributed by atoms with Crippen LogP contribution < -0.4 is 10.1 Å². The molecule has 0 aromatic heterocycles. The number of carbonyl (C=O) groups is 1. The first-order valence-electron chi connectivity index (χ1n) is 4.44. The van der Waals surface area contributed by atoms with Gasteiger partial charge in [-0.3, -0.25) is 4.79 Å². The largest absolute Gasteiger partial charge is 0.459 e. The summed E-state index contributed by atoms with van der Waals surface area (Å²) in [6, 6.07) is 7.20. The van der Waals surface area contributed by atoms with Crippen molar-refractivity contribution in [1.29, 1.82) is 0 Å². The average molecular weight is 189 g/mol. The normalized spacial score (nSPS) is 15.4. The Morgan fingerprint density at radius 1 is 1.21 bits per heavy atom. The van der Waals surface area contributed by atoms with Crippen LogP contribution >= 0.6 is 0 Å². The Morgan fingerprint density at radius 2 is 1.93 bits per heavy atom. The quantitative estimate of drug-likeness (QED) is 0.678. The van der Waals surface area contributed by atoms with E-state index in [9.17, 15) is 4.79 Å². The van der Waals surface area contributed by atoms with Crippen molar-refractivity contribution in [3.63, 3.8) is 0 Å². The van der Waals surface area contributed by atoms with E-state index in [0.717, 1.165) is 11.5 Å². The predicted octanol–water partition coefficient (Wildman–Crippen LogP) is 2.06. The minimum atomic E-state index is -0.116. The van der Waals surface area contributed by atoms with E-state index in [2.05, 4.69) is 5.32 Å². The molecule has 14 heavy (non-hydrogen) atoms. The van der Waals surface area contributed by atoms with Gasteiger partial charge in [0.2, 0.25) is 0 Å². The van der Waals surface area contributed by atoms with Gasteiger partial charge >= 0.3 is 0 Å². The summed E-state index contributed by atoms with van der Waals surface area (Å²) in [5.41, 5.74) is 1.33. The van der Waals surface area contributed by atoms with Gasteiger partial charge in [0.05, 0.1) is 11.3 Å². The van der Waals surface area contributed by atoms with Gasteiger partial charge < -0.3 is 10.1 Å². The van der Waals surface area contributed by atoms with Crippen molar-refractivity contribution >= 4 is 5.91 Å². The second-order valence-electron chi connectivity index (χ2n) is 3.23. The summed E-state index contributed by atoms with van der Waals surface area (Å²) in [7, 11) is 0. The van der Waals surface area contributed by atoms with E-state index >= 15 is 0 Å². The zero-order valence-corrected chi connectivity index (χ0v) is 8.13. The molecule has 1 amide bonds. The highest BCUT2D eigenvalue weighted by molar-refractivity contribution is 5.98. The Morgan fingerprint density at radius 3 is 2.71 bits per heavy atom. The minimum Gasteiger partial charge on any atom is -0.459 e. The fourth-order valence-electron chi connectivity index (χ4n) is 1.31. The van der Waals surface area contributed by atoms with E-state index in [1.165, 1.54) is 0 Å². The molecule has 1 aliphatic rings. The van der Waals surface area contributed by atoms with Crippen LogP contribution in [-0.4, -0.2) is 5.91 Å². The lowest BCUT2D eigenvalue weighted by Gasteiger charge is -2.05. The lowest BCUT2D eigenvalue weighted by molar-refractivity contribution is 0.0966. The summed E-state index contributed by atoms with van der Waals surface area (Å²) in [6.45, 7) is 3.65.